The van der Waals surface area contributed by atoms with Crippen LogP contribution >= 0.6 is 11.6 Å². The minimum atomic E-state index is 0.708. The molecule has 146 valence electrons. The Bertz CT molecular complexity index is 1560. The van der Waals surface area contributed by atoms with E-state index >= 15 is 0 Å². The number of furan rings is 1. The lowest BCUT2D eigenvalue weighted by Gasteiger charge is -2.09. The van der Waals surface area contributed by atoms with Crippen molar-refractivity contribution in [3.63, 3.8) is 0 Å². The molecule has 30 heavy (non-hydrogen) atoms. The Hall–Kier alpha value is -3.43. The van der Waals surface area contributed by atoms with Gasteiger partial charge in [0.05, 0.1) is 28.6 Å². The summed E-state index contributed by atoms with van der Waals surface area (Å²) in [5, 5.41) is 5.21. The molecule has 6 rings (SSSR count). The molecule has 2 heterocycles. The Morgan fingerprint density at radius 2 is 1.63 bits per heavy atom. The third-order valence-corrected chi connectivity index (χ3v) is 6.15. The molecular weight excluding hydrogens is 394 g/mol. The van der Waals surface area contributed by atoms with Gasteiger partial charge in [-0.2, -0.15) is 0 Å². The average Bonchev–Trinajstić information content (AvgIpc) is 3.31. The van der Waals surface area contributed by atoms with Crippen molar-refractivity contribution in [2.24, 2.45) is 0 Å². The number of hydrogen-bond donors (Lipinski definition) is 0. The van der Waals surface area contributed by atoms with Gasteiger partial charge in [-0.05, 0) is 42.0 Å². The van der Waals surface area contributed by atoms with Gasteiger partial charge in [-0.25, -0.2) is 0 Å². The minimum absolute atomic E-state index is 0.708. The Morgan fingerprint density at radius 3 is 2.47 bits per heavy atom. The molecule has 2 aromatic heterocycles. The monoisotopic (exact) mass is 411 g/mol. The van der Waals surface area contributed by atoms with Crippen LogP contribution in [0.25, 0.3) is 43.7 Å². The molecular formula is C26H18ClNO2. The van der Waals surface area contributed by atoms with Crippen LogP contribution in [0, 0.1) is 0 Å². The number of nitrogens with zero attached hydrogens (tertiary/aromatic N) is 1. The van der Waals surface area contributed by atoms with Gasteiger partial charge < -0.3 is 13.7 Å². The molecule has 0 unspecified atom stereocenters. The Morgan fingerprint density at radius 1 is 0.833 bits per heavy atom. The Labute approximate surface area is 178 Å². The predicted molar refractivity (Wildman–Crippen MR) is 124 cm³/mol. The summed E-state index contributed by atoms with van der Waals surface area (Å²) >= 11 is 6.71. The molecule has 0 saturated carbocycles. The van der Waals surface area contributed by atoms with Gasteiger partial charge in [0.25, 0.3) is 0 Å². The summed E-state index contributed by atoms with van der Waals surface area (Å²) in [5.41, 5.74) is 5.13. The van der Waals surface area contributed by atoms with E-state index in [9.17, 15) is 0 Å². The fourth-order valence-corrected chi connectivity index (χ4v) is 4.73. The first-order chi connectivity index (χ1) is 14.7. The van der Waals surface area contributed by atoms with Gasteiger partial charge in [0.15, 0.2) is 0 Å². The van der Waals surface area contributed by atoms with Gasteiger partial charge in [0, 0.05) is 22.7 Å². The molecule has 6 aromatic rings. The second-order valence-electron chi connectivity index (χ2n) is 7.50. The Kier molecular flexibility index (Phi) is 3.80. The van der Waals surface area contributed by atoms with Crippen LogP contribution in [0.5, 0.6) is 5.75 Å². The second-order valence-corrected chi connectivity index (χ2v) is 7.91. The van der Waals surface area contributed by atoms with Crippen molar-refractivity contribution in [3.05, 3.63) is 89.4 Å². The minimum Gasteiger partial charge on any atom is -0.497 e. The average molecular weight is 412 g/mol. The van der Waals surface area contributed by atoms with Crippen LogP contribution in [-0.2, 0) is 6.54 Å². The van der Waals surface area contributed by atoms with E-state index in [0.717, 1.165) is 54.5 Å². The topological polar surface area (TPSA) is 27.3 Å². The maximum atomic E-state index is 6.71. The van der Waals surface area contributed by atoms with E-state index in [-0.39, 0.29) is 0 Å². The number of halogens is 1. The van der Waals surface area contributed by atoms with Crippen molar-refractivity contribution in [2.45, 2.75) is 6.54 Å². The summed E-state index contributed by atoms with van der Waals surface area (Å²) in [6.07, 6.45) is 0. The zero-order valence-corrected chi connectivity index (χ0v) is 17.1. The molecule has 0 bridgehead atoms. The van der Waals surface area contributed by atoms with E-state index in [0.29, 0.717) is 6.54 Å². The van der Waals surface area contributed by atoms with Crippen molar-refractivity contribution in [2.75, 3.05) is 7.11 Å². The smallest absolute Gasteiger partial charge is 0.145 e. The fourth-order valence-electron chi connectivity index (χ4n) is 4.45. The summed E-state index contributed by atoms with van der Waals surface area (Å²) in [7, 11) is 1.68. The third-order valence-electron chi connectivity index (χ3n) is 5.84. The molecule has 0 amide bonds. The summed E-state index contributed by atoms with van der Waals surface area (Å²) in [4.78, 5) is 0. The van der Waals surface area contributed by atoms with E-state index in [1.807, 2.05) is 42.5 Å². The molecule has 0 aliphatic carbocycles. The SMILES string of the molecule is COc1ccc(Cn2c3ccc4c5ccccc5oc4c3c3cccc(Cl)c32)cc1. The quantitative estimate of drug-likeness (QED) is 0.303. The van der Waals surface area contributed by atoms with Gasteiger partial charge in [-0.3, -0.25) is 0 Å². The van der Waals surface area contributed by atoms with E-state index in [1.165, 1.54) is 5.56 Å². The molecule has 4 heteroatoms. The molecule has 0 spiro atoms. The zero-order valence-electron chi connectivity index (χ0n) is 16.4. The molecule has 0 radical (unpaired) electrons. The zero-order chi connectivity index (χ0) is 20.2. The number of rotatable bonds is 3. The standard InChI is InChI=1S/C26H18ClNO2/c1-29-17-11-9-16(10-12-17)15-28-22-14-13-19-18-5-2-3-8-23(18)30-26(19)24(22)20-6-4-7-21(27)25(20)28/h2-14H,15H2,1H3. The van der Waals surface area contributed by atoms with E-state index in [4.69, 9.17) is 20.8 Å². The van der Waals surface area contributed by atoms with Gasteiger partial charge >= 0.3 is 0 Å². The Balaban J connectivity index is 1.69. The summed E-state index contributed by atoms with van der Waals surface area (Å²) in [6.45, 7) is 0.708. The predicted octanol–water partition coefficient (Wildman–Crippen LogP) is 7.40. The maximum Gasteiger partial charge on any atom is 0.145 e. The lowest BCUT2D eigenvalue weighted by atomic mass is 10.1. The van der Waals surface area contributed by atoms with Crippen molar-refractivity contribution in [1.29, 1.82) is 0 Å². The first-order valence-corrected chi connectivity index (χ1v) is 10.3. The number of methoxy groups -OCH3 is 1. The van der Waals surface area contributed by atoms with Crippen LogP contribution in [0.4, 0.5) is 0 Å². The molecule has 0 saturated heterocycles. The van der Waals surface area contributed by atoms with Crippen molar-refractivity contribution >= 4 is 55.3 Å². The second kappa shape index (κ2) is 6.54. The van der Waals surface area contributed by atoms with E-state index in [1.54, 1.807) is 7.11 Å². The highest BCUT2D eigenvalue weighted by molar-refractivity contribution is 6.37. The summed E-state index contributed by atoms with van der Waals surface area (Å²) in [5.74, 6) is 0.850. The van der Waals surface area contributed by atoms with Crippen LogP contribution in [0.15, 0.2) is 83.3 Å². The lowest BCUT2D eigenvalue weighted by molar-refractivity contribution is 0.414. The highest BCUT2D eigenvalue weighted by Gasteiger charge is 2.19. The third kappa shape index (κ3) is 2.45. The van der Waals surface area contributed by atoms with Crippen LogP contribution in [0.2, 0.25) is 5.02 Å². The number of hydrogen-bond acceptors (Lipinski definition) is 2. The summed E-state index contributed by atoms with van der Waals surface area (Å²) < 4.78 is 13.9. The number of ether oxygens (including phenoxy) is 1. The van der Waals surface area contributed by atoms with Gasteiger partial charge in [0.2, 0.25) is 0 Å². The number of benzene rings is 4. The van der Waals surface area contributed by atoms with Crippen molar-refractivity contribution in [1.82, 2.24) is 4.57 Å². The van der Waals surface area contributed by atoms with Crippen LogP contribution < -0.4 is 4.74 Å². The normalized spacial score (nSPS) is 11.8. The van der Waals surface area contributed by atoms with E-state index in [2.05, 4.69) is 41.0 Å². The summed E-state index contributed by atoms with van der Waals surface area (Å²) in [6, 6.07) is 26.7. The van der Waals surface area contributed by atoms with Gasteiger partial charge in [-0.1, -0.05) is 54.1 Å². The largest absolute Gasteiger partial charge is 0.497 e. The number of fused-ring (bicyclic) bond motifs is 7. The fraction of sp³-hybridized carbons (Fsp3) is 0.0769. The van der Waals surface area contributed by atoms with Gasteiger partial charge in [-0.15, -0.1) is 0 Å². The van der Waals surface area contributed by atoms with Gasteiger partial charge in [0.1, 0.15) is 16.9 Å². The molecule has 0 N–H and O–H groups in total. The van der Waals surface area contributed by atoms with Crippen LogP contribution in [0.1, 0.15) is 5.56 Å². The number of aromatic nitrogens is 1. The van der Waals surface area contributed by atoms with Crippen molar-refractivity contribution in [3.8, 4) is 5.75 Å². The highest BCUT2D eigenvalue weighted by Crippen LogP contribution is 2.41. The molecule has 0 atom stereocenters. The molecule has 0 fully saturated rings. The molecule has 4 aromatic carbocycles. The number of para-hydroxylation sites is 2. The van der Waals surface area contributed by atoms with E-state index < -0.39 is 0 Å². The van der Waals surface area contributed by atoms with Crippen molar-refractivity contribution < 1.29 is 9.15 Å². The first-order valence-electron chi connectivity index (χ1n) is 9.88. The molecule has 0 aliphatic rings. The van der Waals surface area contributed by atoms with Crippen LogP contribution in [-0.4, -0.2) is 11.7 Å². The highest BCUT2D eigenvalue weighted by atomic mass is 35.5. The van der Waals surface area contributed by atoms with Crippen LogP contribution in [0.3, 0.4) is 0 Å². The molecule has 3 nitrogen and oxygen atoms in total. The lowest BCUT2D eigenvalue weighted by Crippen LogP contribution is -1.99. The molecule has 0 aliphatic heterocycles. The maximum absolute atomic E-state index is 6.71. The first kappa shape index (κ1) is 17.4.